The van der Waals surface area contributed by atoms with Crippen molar-refractivity contribution in [3.63, 3.8) is 0 Å². The predicted molar refractivity (Wildman–Crippen MR) is 90.2 cm³/mol. The Morgan fingerprint density at radius 1 is 1.17 bits per heavy atom. The summed E-state index contributed by atoms with van der Waals surface area (Å²) in [6, 6.07) is 12.5. The van der Waals surface area contributed by atoms with Crippen molar-refractivity contribution in [3.05, 3.63) is 70.9 Å². The first-order valence-corrected chi connectivity index (χ1v) is 7.66. The highest BCUT2D eigenvalue weighted by atomic mass is 79.9. The van der Waals surface area contributed by atoms with Crippen molar-refractivity contribution in [3.8, 4) is 0 Å². The maximum atomic E-state index is 12.2. The van der Waals surface area contributed by atoms with Crippen molar-refractivity contribution < 1.29 is 9.21 Å². The molecule has 0 spiro atoms. The number of furan rings is 1. The fourth-order valence-electron chi connectivity index (χ4n) is 1.88. The van der Waals surface area contributed by atoms with Crippen LogP contribution in [0.15, 0.2) is 63.8 Å². The van der Waals surface area contributed by atoms with E-state index in [4.69, 9.17) is 4.42 Å². The van der Waals surface area contributed by atoms with Crippen molar-refractivity contribution in [2.24, 2.45) is 0 Å². The molecule has 2 aromatic heterocycles. The van der Waals surface area contributed by atoms with Gasteiger partial charge in [0.15, 0.2) is 0 Å². The summed E-state index contributed by atoms with van der Waals surface area (Å²) in [5.41, 5.74) is 0.978. The van der Waals surface area contributed by atoms with Crippen LogP contribution in [0.3, 0.4) is 0 Å². The van der Waals surface area contributed by atoms with E-state index >= 15 is 0 Å². The first kappa shape index (κ1) is 15.2. The number of carbonyl (C=O) groups is 1. The third kappa shape index (κ3) is 4.17. The van der Waals surface area contributed by atoms with E-state index in [9.17, 15) is 4.79 Å². The molecule has 0 bridgehead atoms. The van der Waals surface area contributed by atoms with Crippen LogP contribution in [0.25, 0.3) is 0 Å². The molecule has 0 fully saturated rings. The van der Waals surface area contributed by atoms with Crippen LogP contribution in [0.5, 0.6) is 0 Å². The summed E-state index contributed by atoms with van der Waals surface area (Å²) in [5, 5.41) is 5.80. The molecule has 0 radical (unpaired) electrons. The van der Waals surface area contributed by atoms with Crippen molar-refractivity contribution in [1.82, 2.24) is 9.97 Å². The normalized spacial score (nSPS) is 10.3. The molecular formula is C16H13BrN4O2. The zero-order chi connectivity index (χ0) is 16.1. The van der Waals surface area contributed by atoms with Crippen LogP contribution in [0.1, 0.15) is 16.2 Å². The first-order valence-electron chi connectivity index (χ1n) is 6.87. The summed E-state index contributed by atoms with van der Waals surface area (Å²) in [5.74, 6) is 0.832. The monoisotopic (exact) mass is 372 g/mol. The Hall–Kier alpha value is -2.67. The summed E-state index contributed by atoms with van der Waals surface area (Å²) in [6.45, 7) is 0.449. The molecule has 23 heavy (non-hydrogen) atoms. The zero-order valence-corrected chi connectivity index (χ0v) is 13.6. The lowest BCUT2D eigenvalue weighted by atomic mass is 10.3. The standard InChI is InChI=1S/C16H13BrN4O2/c17-11-3-5-12(6-4-11)20-15(22)14-7-8-18-16(21-14)19-10-13-2-1-9-23-13/h1-9H,10H2,(H,20,22)(H,18,19,21). The number of anilines is 2. The third-order valence-corrected chi connectivity index (χ3v) is 3.52. The highest BCUT2D eigenvalue weighted by molar-refractivity contribution is 9.10. The Balaban J connectivity index is 1.66. The van der Waals surface area contributed by atoms with Crippen LogP contribution in [-0.2, 0) is 6.54 Å². The number of amides is 1. The summed E-state index contributed by atoms with van der Waals surface area (Å²) in [7, 11) is 0. The molecule has 0 unspecified atom stereocenters. The topological polar surface area (TPSA) is 80.0 Å². The Labute approximate surface area is 141 Å². The molecule has 7 heteroatoms. The van der Waals surface area contributed by atoms with Gasteiger partial charge in [0, 0.05) is 16.4 Å². The van der Waals surface area contributed by atoms with Gasteiger partial charge in [-0.25, -0.2) is 9.97 Å². The van der Waals surface area contributed by atoms with Gasteiger partial charge in [-0.15, -0.1) is 0 Å². The van der Waals surface area contributed by atoms with Gasteiger partial charge in [0.05, 0.1) is 12.8 Å². The van der Waals surface area contributed by atoms with Crippen LogP contribution >= 0.6 is 15.9 Å². The Morgan fingerprint density at radius 3 is 2.74 bits per heavy atom. The molecule has 3 rings (SSSR count). The molecule has 1 amide bonds. The number of benzene rings is 1. The van der Waals surface area contributed by atoms with Crippen molar-refractivity contribution in [1.29, 1.82) is 0 Å². The van der Waals surface area contributed by atoms with Crippen LogP contribution in [-0.4, -0.2) is 15.9 Å². The molecule has 2 N–H and O–H groups in total. The molecular weight excluding hydrogens is 360 g/mol. The van der Waals surface area contributed by atoms with E-state index in [-0.39, 0.29) is 11.6 Å². The summed E-state index contributed by atoms with van der Waals surface area (Å²) in [4.78, 5) is 20.5. The molecule has 3 aromatic rings. The van der Waals surface area contributed by atoms with E-state index in [2.05, 4.69) is 36.5 Å². The number of carbonyl (C=O) groups excluding carboxylic acids is 1. The SMILES string of the molecule is O=C(Nc1ccc(Br)cc1)c1ccnc(NCc2ccco2)n1. The van der Waals surface area contributed by atoms with Crippen molar-refractivity contribution in [2.75, 3.05) is 10.6 Å². The quantitative estimate of drug-likeness (QED) is 0.713. The predicted octanol–water partition coefficient (Wildman–Crippen LogP) is 3.70. The van der Waals surface area contributed by atoms with Crippen LogP contribution in [0, 0.1) is 0 Å². The minimum Gasteiger partial charge on any atom is -0.467 e. The van der Waals surface area contributed by atoms with Gasteiger partial charge >= 0.3 is 0 Å². The Kier molecular flexibility index (Phi) is 4.68. The van der Waals surface area contributed by atoms with Gasteiger partial charge in [-0.05, 0) is 42.5 Å². The van der Waals surface area contributed by atoms with Crippen LogP contribution in [0.2, 0.25) is 0 Å². The molecule has 1 aromatic carbocycles. The van der Waals surface area contributed by atoms with Gasteiger partial charge in [0.2, 0.25) is 5.95 Å². The molecule has 116 valence electrons. The molecule has 0 saturated heterocycles. The average Bonchev–Trinajstić information content (AvgIpc) is 3.09. The number of nitrogens with zero attached hydrogens (tertiary/aromatic N) is 2. The molecule has 6 nitrogen and oxygen atoms in total. The number of halogens is 1. The molecule has 0 saturated carbocycles. The minimum absolute atomic E-state index is 0.282. The summed E-state index contributed by atoms with van der Waals surface area (Å²) in [6.07, 6.45) is 3.13. The van der Waals surface area contributed by atoms with E-state index in [0.29, 0.717) is 18.2 Å². The number of nitrogens with one attached hydrogen (secondary N) is 2. The highest BCUT2D eigenvalue weighted by Crippen LogP contribution is 2.15. The summed E-state index contributed by atoms with van der Waals surface area (Å²) >= 11 is 3.35. The zero-order valence-electron chi connectivity index (χ0n) is 12.0. The average molecular weight is 373 g/mol. The number of hydrogen-bond acceptors (Lipinski definition) is 5. The number of rotatable bonds is 5. The van der Waals surface area contributed by atoms with Crippen molar-refractivity contribution in [2.45, 2.75) is 6.54 Å². The van der Waals surface area contributed by atoms with Gasteiger partial charge in [0.1, 0.15) is 11.5 Å². The summed E-state index contributed by atoms with van der Waals surface area (Å²) < 4.78 is 6.17. The van der Waals surface area contributed by atoms with Gasteiger partial charge < -0.3 is 15.1 Å². The minimum atomic E-state index is -0.296. The molecule has 0 aliphatic heterocycles. The largest absolute Gasteiger partial charge is 0.467 e. The van der Waals surface area contributed by atoms with Crippen LogP contribution in [0.4, 0.5) is 11.6 Å². The molecule has 0 aliphatic carbocycles. The highest BCUT2D eigenvalue weighted by Gasteiger charge is 2.09. The smallest absolute Gasteiger partial charge is 0.274 e. The van der Waals surface area contributed by atoms with Gasteiger partial charge in [-0.3, -0.25) is 4.79 Å². The van der Waals surface area contributed by atoms with E-state index in [1.165, 1.54) is 6.20 Å². The van der Waals surface area contributed by atoms with Gasteiger partial charge in [-0.1, -0.05) is 15.9 Å². The lowest BCUT2D eigenvalue weighted by Crippen LogP contribution is -2.15. The van der Waals surface area contributed by atoms with E-state index in [1.807, 2.05) is 18.2 Å². The van der Waals surface area contributed by atoms with Gasteiger partial charge in [0.25, 0.3) is 5.91 Å². The van der Waals surface area contributed by atoms with E-state index in [0.717, 1.165) is 10.2 Å². The lowest BCUT2D eigenvalue weighted by Gasteiger charge is -2.07. The maximum Gasteiger partial charge on any atom is 0.274 e. The third-order valence-electron chi connectivity index (χ3n) is 2.99. The molecule has 0 atom stereocenters. The lowest BCUT2D eigenvalue weighted by molar-refractivity contribution is 0.102. The number of hydrogen-bond donors (Lipinski definition) is 2. The van der Waals surface area contributed by atoms with Crippen molar-refractivity contribution >= 4 is 33.5 Å². The number of aromatic nitrogens is 2. The van der Waals surface area contributed by atoms with E-state index in [1.54, 1.807) is 30.5 Å². The van der Waals surface area contributed by atoms with Gasteiger partial charge in [-0.2, -0.15) is 0 Å². The Morgan fingerprint density at radius 2 is 2.00 bits per heavy atom. The fourth-order valence-corrected chi connectivity index (χ4v) is 2.14. The van der Waals surface area contributed by atoms with Crippen LogP contribution < -0.4 is 10.6 Å². The molecule has 0 aliphatic rings. The Bertz CT molecular complexity index is 788. The fraction of sp³-hybridized carbons (Fsp3) is 0.0625. The maximum absolute atomic E-state index is 12.2. The second kappa shape index (κ2) is 7.06. The second-order valence-corrected chi connectivity index (χ2v) is 5.58. The van der Waals surface area contributed by atoms with E-state index < -0.39 is 0 Å². The second-order valence-electron chi connectivity index (χ2n) is 4.66. The molecule has 2 heterocycles. The first-order chi connectivity index (χ1) is 11.2.